The first-order valence-electron chi connectivity index (χ1n) is 19.8. The minimum atomic E-state index is -0.452. The van der Waals surface area contributed by atoms with E-state index in [0.717, 1.165) is 45.3 Å². The summed E-state index contributed by atoms with van der Waals surface area (Å²) in [6, 6.07) is 75.8. The Hall–Kier alpha value is -7.62. The Kier molecular flexibility index (Phi) is 7.14. The van der Waals surface area contributed by atoms with Crippen molar-refractivity contribution in [2.75, 3.05) is 4.90 Å². The van der Waals surface area contributed by atoms with Crippen molar-refractivity contribution in [2.24, 2.45) is 0 Å². The van der Waals surface area contributed by atoms with E-state index in [1.807, 2.05) is 6.07 Å². The largest absolute Gasteiger partial charge is 0.449 e. The van der Waals surface area contributed by atoms with Crippen LogP contribution in [0.2, 0.25) is 0 Å². The maximum absolute atomic E-state index is 7.05. The highest BCUT2D eigenvalue weighted by Gasteiger charge is 2.53. The van der Waals surface area contributed by atoms with Crippen LogP contribution in [0.5, 0.6) is 23.0 Å². The van der Waals surface area contributed by atoms with Crippen LogP contribution in [-0.2, 0) is 5.41 Å². The van der Waals surface area contributed by atoms with E-state index in [2.05, 4.69) is 211 Å². The second-order valence-corrected chi connectivity index (χ2v) is 15.2. The quantitative estimate of drug-likeness (QED) is 0.175. The van der Waals surface area contributed by atoms with E-state index in [1.54, 1.807) is 0 Å². The lowest BCUT2D eigenvalue weighted by molar-refractivity contribution is 0.360. The predicted octanol–water partition coefficient (Wildman–Crippen LogP) is 14.7. The van der Waals surface area contributed by atoms with E-state index in [-0.39, 0.29) is 0 Å². The average Bonchev–Trinajstić information content (AvgIpc) is 3.77. The number of para-hydroxylation sites is 1. The Labute approximate surface area is 337 Å². The summed E-state index contributed by atoms with van der Waals surface area (Å²) in [6.07, 6.45) is 0. The molecular weight excluding hydrogens is 707 g/mol. The summed E-state index contributed by atoms with van der Waals surface area (Å²) in [6.45, 7) is 0. The van der Waals surface area contributed by atoms with Gasteiger partial charge in [-0.05, 0) is 116 Å². The van der Waals surface area contributed by atoms with E-state index in [0.29, 0.717) is 11.5 Å². The van der Waals surface area contributed by atoms with E-state index < -0.39 is 5.41 Å². The number of benzene rings is 9. The van der Waals surface area contributed by atoms with Gasteiger partial charge in [0.15, 0.2) is 23.0 Å². The molecular formula is C55H35NO2. The maximum atomic E-state index is 7.05. The number of rotatable bonds is 5. The molecule has 0 radical (unpaired) electrons. The first-order chi connectivity index (χ1) is 28.8. The number of hydrogen-bond donors (Lipinski definition) is 0. The van der Waals surface area contributed by atoms with Crippen molar-refractivity contribution in [3.8, 4) is 67.5 Å². The second-order valence-electron chi connectivity index (χ2n) is 15.2. The molecule has 0 atom stereocenters. The third-order valence-corrected chi connectivity index (χ3v) is 12.1. The summed E-state index contributed by atoms with van der Waals surface area (Å²) >= 11 is 0. The molecule has 3 aliphatic rings. The van der Waals surface area contributed by atoms with Crippen LogP contribution in [0, 0.1) is 0 Å². The van der Waals surface area contributed by atoms with Crippen LogP contribution in [0.4, 0.5) is 17.1 Å². The smallest absolute Gasteiger partial charge is 0.178 e. The van der Waals surface area contributed by atoms with Crippen LogP contribution in [0.1, 0.15) is 22.3 Å². The van der Waals surface area contributed by atoms with Gasteiger partial charge in [0.05, 0.1) is 5.41 Å². The molecule has 0 fully saturated rings. The molecule has 3 heteroatoms. The molecule has 272 valence electrons. The lowest BCUT2D eigenvalue weighted by Crippen LogP contribution is -2.25. The van der Waals surface area contributed by atoms with Crippen LogP contribution in [-0.4, -0.2) is 0 Å². The third-order valence-electron chi connectivity index (χ3n) is 12.1. The SMILES string of the molecule is c1ccc(-c2ccc(N(c3ccccc3)c3cccc(-c4ccc5c(c4)Oc4c(ccc6c4-c4ccccc4C64c6ccccc6-c6ccccc64)O5)c3)cc2)cc1. The zero-order chi connectivity index (χ0) is 38.2. The van der Waals surface area contributed by atoms with E-state index in [4.69, 9.17) is 9.47 Å². The van der Waals surface area contributed by atoms with Crippen LogP contribution in [0.3, 0.4) is 0 Å². The summed E-state index contributed by atoms with van der Waals surface area (Å²) < 4.78 is 13.7. The number of ether oxygens (including phenoxy) is 2. The van der Waals surface area contributed by atoms with Gasteiger partial charge >= 0.3 is 0 Å². The fourth-order valence-corrected chi connectivity index (χ4v) is 9.68. The Morgan fingerprint density at radius 3 is 1.55 bits per heavy atom. The van der Waals surface area contributed by atoms with Gasteiger partial charge in [0.2, 0.25) is 0 Å². The normalized spacial score (nSPS) is 13.2. The van der Waals surface area contributed by atoms with Crippen molar-refractivity contribution in [2.45, 2.75) is 5.41 Å². The summed E-state index contributed by atoms with van der Waals surface area (Å²) in [5, 5.41) is 0. The molecule has 9 aromatic carbocycles. The zero-order valence-electron chi connectivity index (χ0n) is 31.5. The van der Waals surface area contributed by atoms with Gasteiger partial charge in [-0.1, -0.05) is 158 Å². The molecule has 1 spiro atoms. The third kappa shape index (κ3) is 4.74. The van der Waals surface area contributed by atoms with Gasteiger partial charge in [0, 0.05) is 22.6 Å². The lowest BCUT2D eigenvalue weighted by Gasteiger charge is -2.31. The van der Waals surface area contributed by atoms with Crippen molar-refractivity contribution in [1.82, 2.24) is 0 Å². The van der Waals surface area contributed by atoms with Gasteiger partial charge in [-0.3, -0.25) is 0 Å². The molecule has 1 aliphatic heterocycles. The van der Waals surface area contributed by atoms with Crippen molar-refractivity contribution in [1.29, 1.82) is 0 Å². The first-order valence-corrected chi connectivity index (χ1v) is 19.8. The molecule has 9 aromatic rings. The van der Waals surface area contributed by atoms with E-state index in [9.17, 15) is 0 Å². The van der Waals surface area contributed by atoms with Gasteiger partial charge in [-0.25, -0.2) is 0 Å². The highest BCUT2D eigenvalue weighted by molar-refractivity contribution is 5.98. The Balaban J connectivity index is 0.946. The molecule has 0 aromatic heterocycles. The molecule has 1 heterocycles. The molecule has 3 nitrogen and oxygen atoms in total. The molecule has 0 unspecified atom stereocenters. The Morgan fingerprint density at radius 2 is 0.828 bits per heavy atom. The van der Waals surface area contributed by atoms with Crippen LogP contribution in [0.25, 0.3) is 44.5 Å². The summed E-state index contributed by atoms with van der Waals surface area (Å²) in [5.41, 5.74) is 17.2. The predicted molar refractivity (Wildman–Crippen MR) is 235 cm³/mol. The van der Waals surface area contributed by atoms with Crippen LogP contribution in [0.15, 0.2) is 212 Å². The molecule has 0 saturated carbocycles. The van der Waals surface area contributed by atoms with E-state index in [1.165, 1.54) is 50.1 Å². The lowest BCUT2D eigenvalue weighted by atomic mass is 9.70. The van der Waals surface area contributed by atoms with Gasteiger partial charge in [0.25, 0.3) is 0 Å². The summed E-state index contributed by atoms with van der Waals surface area (Å²) in [7, 11) is 0. The number of fused-ring (bicyclic) bond motifs is 13. The van der Waals surface area contributed by atoms with Gasteiger partial charge < -0.3 is 14.4 Å². The monoisotopic (exact) mass is 741 g/mol. The maximum Gasteiger partial charge on any atom is 0.178 e. The van der Waals surface area contributed by atoms with Crippen LogP contribution < -0.4 is 14.4 Å². The van der Waals surface area contributed by atoms with E-state index >= 15 is 0 Å². The van der Waals surface area contributed by atoms with Gasteiger partial charge in [-0.2, -0.15) is 0 Å². The average molecular weight is 742 g/mol. The Bertz CT molecular complexity index is 3020. The fourth-order valence-electron chi connectivity index (χ4n) is 9.68. The van der Waals surface area contributed by atoms with Crippen molar-refractivity contribution in [3.63, 3.8) is 0 Å². The molecule has 58 heavy (non-hydrogen) atoms. The van der Waals surface area contributed by atoms with Gasteiger partial charge in [0.1, 0.15) is 0 Å². The Morgan fingerprint density at radius 1 is 0.310 bits per heavy atom. The summed E-state index contributed by atoms with van der Waals surface area (Å²) in [4.78, 5) is 2.31. The molecule has 0 bridgehead atoms. The fraction of sp³-hybridized carbons (Fsp3) is 0.0182. The molecule has 0 amide bonds. The standard InChI is InChI=1S/C55H35NO2/c1-3-14-36(15-4-1)37-26-29-41(30-27-37)56(40-17-5-2-6-18-40)42-19-13-16-38(34-42)39-28-32-50-52(35-39)58-54-51(57-50)33-31-49-53(54)45-22-9-12-25-48(45)55(49)46-23-10-7-20-43(46)44-21-8-11-24-47(44)55/h1-35H. The highest BCUT2D eigenvalue weighted by Crippen LogP contribution is 2.66. The van der Waals surface area contributed by atoms with Crippen LogP contribution >= 0.6 is 0 Å². The highest BCUT2D eigenvalue weighted by atomic mass is 16.6. The zero-order valence-corrected chi connectivity index (χ0v) is 31.5. The molecule has 12 rings (SSSR count). The second kappa shape index (κ2) is 12.7. The molecule has 2 aliphatic carbocycles. The topological polar surface area (TPSA) is 21.7 Å². The van der Waals surface area contributed by atoms with Crippen molar-refractivity contribution >= 4 is 17.1 Å². The minimum Gasteiger partial charge on any atom is -0.449 e. The van der Waals surface area contributed by atoms with Crippen molar-refractivity contribution in [3.05, 3.63) is 235 Å². The molecule has 0 N–H and O–H groups in total. The first kappa shape index (κ1) is 32.6. The minimum absolute atomic E-state index is 0.452. The van der Waals surface area contributed by atoms with Gasteiger partial charge in [-0.15, -0.1) is 0 Å². The number of anilines is 3. The summed E-state index contributed by atoms with van der Waals surface area (Å²) in [5.74, 6) is 2.89. The number of nitrogens with zero attached hydrogens (tertiary/aromatic N) is 1. The van der Waals surface area contributed by atoms with Crippen molar-refractivity contribution < 1.29 is 9.47 Å². The number of hydrogen-bond acceptors (Lipinski definition) is 3. The molecule has 0 saturated heterocycles.